The van der Waals surface area contributed by atoms with Crippen molar-refractivity contribution in [3.05, 3.63) is 72.9 Å². The molecule has 0 N–H and O–H groups in total. The zero-order valence-corrected chi connectivity index (χ0v) is 39.2. The van der Waals surface area contributed by atoms with Crippen LogP contribution in [0.15, 0.2) is 72.9 Å². The van der Waals surface area contributed by atoms with Gasteiger partial charge in [-0.25, -0.2) is 0 Å². The highest BCUT2D eigenvalue weighted by Crippen LogP contribution is 2.13. The zero-order valence-electron chi connectivity index (χ0n) is 39.2. The quantitative estimate of drug-likeness (QED) is 0.0263. The van der Waals surface area contributed by atoms with Gasteiger partial charge in [0, 0.05) is 19.3 Å². The molecule has 0 amide bonds. The minimum atomic E-state index is -0.798. The summed E-state index contributed by atoms with van der Waals surface area (Å²) >= 11 is 0. The van der Waals surface area contributed by atoms with E-state index in [1.165, 1.54) is 89.9 Å². The molecule has 0 rings (SSSR count). The van der Waals surface area contributed by atoms with E-state index >= 15 is 0 Å². The molecule has 0 aliphatic heterocycles. The van der Waals surface area contributed by atoms with E-state index in [0.717, 1.165) is 103 Å². The Balaban J connectivity index is 4.47. The number of carbonyl (C=O) groups excluding carboxylic acids is 3. The third-order valence-electron chi connectivity index (χ3n) is 10.4. The molecule has 344 valence electrons. The van der Waals surface area contributed by atoms with Crippen LogP contribution in [0.3, 0.4) is 0 Å². The van der Waals surface area contributed by atoms with Crippen LogP contribution in [-0.4, -0.2) is 37.2 Å². The summed E-state index contributed by atoms with van der Waals surface area (Å²) < 4.78 is 16.7. The van der Waals surface area contributed by atoms with Crippen LogP contribution in [0.25, 0.3) is 0 Å². The molecular weight excluding hydrogens is 745 g/mol. The van der Waals surface area contributed by atoms with E-state index < -0.39 is 6.10 Å². The minimum Gasteiger partial charge on any atom is -0.462 e. The number of rotatable bonds is 44. The number of unbranched alkanes of at least 4 members (excludes halogenated alkanes) is 21. The van der Waals surface area contributed by atoms with Crippen molar-refractivity contribution >= 4 is 17.9 Å². The normalized spacial score (nSPS) is 12.7. The molecule has 0 aliphatic rings. The van der Waals surface area contributed by atoms with E-state index in [9.17, 15) is 14.4 Å². The van der Waals surface area contributed by atoms with Crippen molar-refractivity contribution in [2.24, 2.45) is 0 Å². The van der Waals surface area contributed by atoms with Crippen LogP contribution in [0.5, 0.6) is 0 Å². The van der Waals surface area contributed by atoms with Gasteiger partial charge in [0.2, 0.25) is 0 Å². The molecule has 0 saturated heterocycles. The van der Waals surface area contributed by atoms with Gasteiger partial charge in [-0.15, -0.1) is 0 Å². The number of carbonyl (C=O) groups is 3. The number of hydrogen-bond acceptors (Lipinski definition) is 6. The molecule has 0 heterocycles. The summed E-state index contributed by atoms with van der Waals surface area (Å²) in [6, 6.07) is 0. The molecular formula is C54H92O6. The Morgan fingerprint density at radius 1 is 0.350 bits per heavy atom. The first kappa shape index (κ1) is 56.9. The zero-order chi connectivity index (χ0) is 43.7. The van der Waals surface area contributed by atoms with Crippen molar-refractivity contribution in [3.63, 3.8) is 0 Å². The van der Waals surface area contributed by atoms with Crippen molar-refractivity contribution in [2.45, 2.75) is 239 Å². The van der Waals surface area contributed by atoms with Gasteiger partial charge in [0.1, 0.15) is 13.2 Å². The number of ether oxygens (including phenoxy) is 3. The van der Waals surface area contributed by atoms with E-state index in [2.05, 4.69) is 93.7 Å². The van der Waals surface area contributed by atoms with Crippen molar-refractivity contribution in [1.29, 1.82) is 0 Å². The van der Waals surface area contributed by atoms with Gasteiger partial charge >= 0.3 is 17.9 Å². The minimum absolute atomic E-state index is 0.0966. The molecule has 60 heavy (non-hydrogen) atoms. The van der Waals surface area contributed by atoms with Crippen molar-refractivity contribution in [1.82, 2.24) is 0 Å². The predicted molar refractivity (Wildman–Crippen MR) is 256 cm³/mol. The first-order valence-electron chi connectivity index (χ1n) is 24.9. The van der Waals surface area contributed by atoms with Gasteiger partial charge < -0.3 is 14.2 Å². The first-order chi connectivity index (χ1) is 29.5. The molecule has 0 spiro atoms. The van der Waals surface area contributed by atoms with Crippen LogP contribution in [0.1, 0.15) is 233 Å². The summed E-state index contributed by atoms with van der Waals surface area (Å²) in [7, 11) is 0. The predicted octanol–water partition coefficient (Wildman–Crippen LogP) is 16.3. The van der Waals surface area contributed by atoms with E-state index in [1.54, 1.807) is 0 Å². The third-order valence-corrected chi connectivity index (χ3v) is 10.4. The van der Waals surface area contributed by atoms with Crippen LogP contribution < -0.4 is 0 Å². The standard InChI is InChI=1S/C54H92O6/c1-4-7-10-13-16-19-22-25-27-29-32-35-38-41-44-47-53(56)59-50-51(49-58-52(55)46-43-40-37-34-31-24-21-18-15-12-9-6-3)60-54(57)48-45-42-39-36-33-30-28-26-23-20-17-14-11-8-5-2/h7,10,16,18-19,21,25-28,32,35,51H,4-6,8-9,11-15,17,20,22-24,29-31,33-34,36-50H2,1-3H3/b10-7-,19-16-,21-18-,27-25-,28-26-,35-32-. The molecule has 0 bridgehead atoms. The monoisotopic (exact) mass is 837 g/mol. The Labute approximate surface area is 370 Å². The first-order valence-corrected chi connectivity index (χ1v) is 24.9. The van der Waals surface area contributed by atoms with Gasteiger partial charge in [0.25, 0.3) is 0 Å². The smallest absolute Gasteiger partial charge is 0.306 e. The summed E-state index contributed by atoms with van der Waals surface area (Å²) in [6.07, 6.45) is 60.3. The lowest BCUT2D eigenvalue weighted by molar-refractivity contribution is -0.167. The summed E-state index contributed by atoms with van der Waals surface area (Å²) in [5, 5.41) is 0. The average Bonchev–Trinajstić information content (AvgIpc) is 3.24. The number of allylic oxidation sites excluding steroid dienone is 12. The highest BCUT2D eigenvalue weighted by Gasteiger charge is 2.19. The highest BCUT2D eigenvalue weighted by atomic mass is 16.6. The summed E-state index contributed by atoms with van der Waals surface area (Å²) in [6.45, 7) is 6.44. The molecule has 1 atom stereocenters. The van der Waals surface area contributed by atoms with Gasteiger partial charge in [-0.1, -0.05) is 177 Å². The topological polar surface area (TPSA) is 78.9 Å². The fourth-order valence-electron chi connectivity index (χ4n) is 6.66. The molecule has 0 aromatic carbocycles. The molecule has 1 unspecified atom stereocenters. The van der Waals surface area contributed by atoms with E-state index in [0.29, 0.717) is 19.3 Å². The molecule has 0 saturated carbocycles. The van der Waals surface area contributed by atoms with E-state index in [-0.39, 0.29) is 31.1 Å². The van der Waals surface area contributed by atoms with Gasteiger partial charge in [0.05, 0.1) is 0 Å². The molecule has 0 aromatic rings. The van der Waals surface area contributed by atoms with Crippen LogP contribution in [-0.2, 0) is 28.6 Å². The maximum absolute atomic E-state index is 12.8. The lowest BCUT2D eigenvalue weighted by atomic mass is 10.1. The van der Waals surface area contributed by atoms with Crippen molar-refractivity contribution < 1.29 is 28.6 Å². The summed E-state index contributed by atoms with van der Waals surface area (Å²) in [5.74, 6) is -0.958. The molecule has 0 aromatic heterocycles. The fraction of sp³-hybridized carbons (Fsp3) is 0.722. The van der Waals surface area contributed by atoms with Crippen LogP contribution >= 0.6 is 0 Å². The Bertz CT molecular complexity index is 1140. The Morgan fingerprint density at radius 3 is 1.10 bits per heavy atom. The maximum Gasteiger partial charge on any atom is 0.306 e. The van der Waals surface area contributed by atoms with Crippen LogP contribution in [0, 0.1) is 0 Å². The molecule has 6 nitrogen and oxygen atoms in total. The second-order valence-electron chi connectivity index (χ2n) is 16.3. The summed E-state index contributed by atoms with van der Waals surface area (Å²) in [5.41, 5.74) is 0. The largest absolute Gasteiger partial charge is 0.462 e. The fourth-order valence-corrected chi connectivity index (χ4v) is 6.66. The Morgan fingerprint density at radius 2 is 0.650 bits per heavy atom. The second kappa shape index (κ2) is 48.5. The Hall–Kier alpha value is -3.15. The SMILES string of the molecule is CC/C=C\C/C=C\C/C=C\C/C=C\CCCCC(=O)OCC(COC(=O)CCCCCCC/C=C\CCCCC)OC(=O)CCCCCCC/C=C\CCCCCCCC. The van der Waals surface area contributed by atoms with E-state index in [4.69, 9.17) is 14.2 Å². The van der Waals surface area contributed by atoms with Crippen molar-refractivity contribution in [2.75, 3.05) is 13.2 Å². The molecule has 0 radical (unpaired) electrons. The molecule has 0 fully saturated rings. The third kappa shape index (κ3) is 45.9. The highest BCUT2D eigenvalue weighted by molar-refractivity contribution is 5.71. The summed E-state index contributed by atoms with van der Waals surface area (Å²) in [4.78, 5) is 37.9. The lowest BCUT2D eigenvalue weighted by Crippen LogP contribution is -2.30. The van der Waals surface area contributed by atoms with Gasteiger partial charge in [0.15, 0.2) is 6.10 Å². The van der Waals surface area contributed by atoms with Crippen LogP contribution in [0.4, 0.5) is 0 Å². The number of hydrogen-bond donors (Lipinski definition) is 0. The Kier molecular flexibility index (Phi) is 46.0. The van der Waals surface area contributed by atoms with E-state index in [1.807, 2.05) is 0 Å². The molecule has 0 aliphatic carbocycles. The van der Waals surface area contributed by atoms with Gasteiger partial charge in [-0.2, -0.15) is 0 Å². The number of esters is 3. The molecule has 6 heteroatoms. The lowest BCUT2D eigenvalue weighted by Gasteiger charge is -2.18. The second-order valence-corrected chi connectivity index (χ2v) is 16.3. The van der Waals surface area contributed by atoms with Crippen LogP contribution in [0.2, 0.25) is 0 Å². The maximum atomic E-state index is 12.8. The van der Waals surface area contributed by atoms with Crippen molar-refractivity contribution in [3.8, 4) is 0 Å². The van der Waals surface area contributed by atoms with Gasteiger partial charge in [-0.3, -0.25) is 14.4 Å². The average molecular weight is 837 g/mol. The van der Waals surface area contributed by atoms with Gasteiger partial charge in [-0.05, 0) is 109 Å².